The molecule has 3 amide bonds. The molecule has 34 heavy (non-hydrogen) atoms. The zero-order valence-electron chi connectivity index (χ0n) is 21.9. The van der Waals surface area contributed by atoms with Gasteiger partial charge < -0.3 is 14.7 Å². The Morgan fingerprint density at radius 1 is 1.00 bits per heavy atom. The number of nitrogens with zero attached hydrogens (tertiary/aromatic N) is 2. The quantitative estimate of drug-likeness (QED) is 0.177. The van der Waals surface area contributed by atoms with Crippen molar-refractivity contribution in [3.8, 4) is 0 Å². The van der Waals surface area contributed by atoms with E-state index in [4.69, 9.17) is 0 Å². The second kappa shape index (κ2) is 14.7. The number of ether oxygens (including phenoxy) is 1. The van der Waals surface area contributed by atoms with Gasteiger partial charge in [-0.1, -0.05) is 71.1 Å². The zero-order chi connectivity index (χ0) is 25.0. The van der Waals surface area contributed by atoms with Crippen molar-refractivity contribution in [1.29, 1.82) is 0 Å². The van der Waals surface area contributed by atoms with Gasteiger partial charge >= 0.3 is 12.0 Å². The summed E-state index contributed by atoms with van der Waals surface area (Å²) in [6.07, 6.45) is 15.3. The fraction of sp³-hybridized carbons (Fsp3) is 0.889. The average Bonchev–Trinajstić information content (AvgIpc) is 3.06. The minimum atomic E-state index is -0.826. The molecule has 1 aliphatic heterocycles. The van der Waals surface area contributed by atoms with Crippen molar-refractivity contribution >= 4 is 17.9 Å². The number of hydrogen-bond donors (Lipinski definition) is 1. The second-order valence-corrected chi connectivity index (χ2v) is 10.6. The first kappa shape index (κ1) is 28.6. The highest BCUT2D eigenvalue weighted by Gasteiger charge is 2.47. The Morgan fingerprint density at radius 2 is 1.68 bits per heavy atom. The highest BCUT2D eigenvalue weighted by molar-refractivity contribution is 6.04. The van der Waals surface area contributed by atoms with E-state index in [0.717, 1.165) is 77.0 Å². The van der Waals surface area contributed by atoms with Gasteiger partial charge in [0, 0.05) is 19.0 Å². The second-order valence-electron chi connectivity index (χ2n) is 10.6. The molecule has 1 N–H and O–H groups in total. The minimum Gasteiger partial charge on any atom is -0.469 e. The molecule has 7 heteroatoms. The molecule has 2 aliphatic rings. The minimum absolute atomic E-state index is 0.0239. The van der Waals surface area contributed by atoms with Crippen LogP contribution in [-0.4, -0.2) is 64.2 Å². The number of carbonyl (C=O) groups excluding carboxylic acids is 3. The molecule has 196 valence electrons. The Balaban J connectivity index is 1.95. The van der Waals surface area contributed by atoms with Gasteiger partial charge in [0.2, 0.25) is 0 Å². The smallest absolute Gasteiger partial charge is 0.327 e. The Labute approximate surface area is 206 Å². The Morgan fingerprint density at radius 3 is 2.35 bits per heavy atom. The maximum Gasteiger partial charge on any atom is 0.327 e. The molecule has 2 fully saturated rings. The van der Waals surface area contributed by atoms with E-state index in [1.807, 2.05) is 6.92 Å². The van der Waals surface area contributed by atoms with E-state index >= 15 is 0 Å². The van der Waals surface area contributed by atoms with Gasteiger partial charge in [-0.2, -0.15) is 0 Å². The average molecular weight is 481 g/mol. The lowest BCUT2D eigenvalue weighted by Crippen LogP contribution is -2.43. The molecule has 0 aromatic carbocycles. The first-order valence-electron chi connectivity index (χ1n) is 13.7. The molecule has 2 atom stereocenters. The highest BCUT2D eigenvalue weighted by Crippen LogP contribution is 2.32. The van der Waals surface area contributed by atoms with Crippen LogP contribution in [0.1, 0.15) is 123 Å². The number of aliphatic hydroxyl groups is 1. The van der Waals surface area contributed by atoms with E-state index in [2.05, 4.69) is 11.7 Å². The lowest BCUT2D eigenvalue weighted by Gasteiger charge is -2.30. The van der Waals surface area contributed by atoms with Crippen LogP contribution in [-0.2, 0) is 14.3 Å². The number of imide groups is 1. The van der Waals surface area contributed by atoms with E-state index in [0.29, 0.717) is 25.8 Å². The monoisotopic (exact) mass is 480 g/mol. The van der Waals surface area contributed by atoms with E-state index < -0.39 is 11.6 Å². The van der Waals surface area contributed by atoms with Crippen LogP contribution in [0, 0.1) is 0 Å². The summed E-state index contributed by atoms with van der Waals surface area (Å²) in [4.78, 5) is 41.3. The molecular weight excluding hydrogens is 432 g/mol. The lowest BCUT2D eigenvalue weighted by atomic mass is 9.94. The normalized spacial score (nSPS) is 21.2. The molecule has 0 radical (unpaired) electrons. The number of rotatable bonds is 16. The number of urea groups is 1. The Bertz CT molecular complexity index is 645. The number of carbonyl (C=O) groups is 3. The largest absolute Gasteiger partial charge is 0.469 e. The van der Waals surface area contributed by atoms with Crippen LogP contribution in [0.5, 0.6) is 0 Å². The van der Waals surface area contributed by atoms with Crippen molar-refractivity contribution in [2.45, 2.75) is 141 Å². The molecule has 2 unspecified atom stereocenters. The molecule has 1 heterocycles. The number of hydrogen-bond acceptors (Lipinski definition) is 5. The van der Waals surface area contributed by atoms with Crippen molar-refractivity contribution in [3.05, 3.63) is 0 Å². The SMILES string of the molecule is CCCCCCC(C)(O)CCN1C(=O)N(C2CCCCC2)C(=O)C1CCCCCCC(=O)OC. The summed E-state index contributed by atoms with van der Waals surface area (Å²) in [6.45, 7) is 4.45. The third-order valence-electron chi connectivity index (χ3n) is 7.59. The Kier molecular flexibility index (Phi) is 12.4. The molecule has 2 rings (SSSR count). The maximum absolute atomic E-state index is 13.4. The van der Waals surface area contributed by atoms with Gasteiger partial charge in [-0.25, -0.2) is 4.79 Å². The first-order valence-corrected chi connectivity index (χ1v) is 13.7. The summed E-state index contributed by atoms with van der Waals surface area (Å²) < 4.78 is 4.68. The summed E-state index contributed by atoms with van der Waals surface area (Å²) >= 11 is 0. The molecule has 1 aliphatic carbocycles. The Hall–Kier alpha value is -1.63. The molecule has 0 spiro atoms. The number of esters is 1. The van der Waals surface area contributed by atoms with Crippen molar-refractivity contribution < 1.29 is 24.2 Å². The van der Waals surface area contributed by atoms with Crippen molar-refractivity contribution in [2.24, 2.45) is 0 Å². The standard InChI is InChI=1S/C27H48N2O5/c1-4-5-6-14-19-27(2,33)20-21-28-23(17-12-7-8-13-18-24(30)34-3)25(31)29(26(28)32)22-15-10-9-11-16-22/h22-23,33H,4-21H2,1-3H3. The summed E-state index contributed by atoms with van der Waals surface area (Å²) in [6, 6.07) is -0.559. The molecule has 0 aromatic heterocycles. The lowest BCUT2D eigenvalue weighted by molar-refractivity contribution is -0.140. The molecule has 1 saturated heterocycles. The van der Waals surface area contributed by atoms with Crippen LogP contribution in [0.15, 0.2) is 0 Å². The summed E-state index contributed by atoms with van der Waals surface area (Å²) in [5, 5.41) is 10.9. The van der Waals surface area contributed by atoms with Crippen molar-refractivity contribution in [2.75, 3.05) is 13.7 Å². The van der Waals surface area contributed by atoms with Gasteiger partial charge in [-0.3, -0.25) is 14.5 Å². The van der Waals surface area contributed by atoms with Crippen LogP contribution in [0.25, 0.3) is 0 Å². The number of unbranched alkanes of at least 4 members (excludes halogenated alkanes) is 6. The summed E-state index contributed by atoms with van der Waals surface area (Å²) in [7, 11) is 1.40. The van der Waals surface area contributed by atoms with Gasteiger partial charge in [0.05, 0.1) is 12.7 Å². The third-order valence-corrected chi connectivity index (χ3v) is 7.59. The first-order chi connectivity index (χ1) is 16.3. The van der Waals surface area contributed by atoms with E-state index in [1.165, 1.54) is 20.0 Å². The maximum atomic E-state index is 13.4. The van der Waals surface area contributed by atoms with Gasteiger partial charge in [-0.05, 0) is 45.4 Å². The van der Waals surface area contributed by atoms with Crippen LogP contribution in [0.2, 0.25) is 0 Å². The number of methoxy groups -OCH3 is 1. The van der Waals surface area contributed by atoms with Crippen LogP contribution in [0.4, 0.5) is 4.79 Å². The van der Waals surface area contributed by atoms with Crippen molar-refractivity contribution in [3.63, 3.8) is 0 Å². The molecular formula is C27H48N2O5. The topological polar surface area (TPSA) is 87.2 Å². The van der Waals surface area contributed by atoms with E-state index in [1.54, 1.807) is 9.80 Å². The predicted octanol–water partition coefficient (Wildman–Crippen LogP) is 5.58. The van der Waals surface area contributed by atoms with Crippen LogP contribution in [0.3, 0.4) is 0 Å². The summed E-state index contributed by atoms with van der Waals surface area (Å²) in [5.74, 6) is -0.235. The molecule has 0 aromatic rings. The molecule has 7 nitrogen and oxygen atoms in total. The van der Waals surface area contributed by atoms with Crippen LogP contribution >= 0.6 is 0 Å². The fourth-order valence-corrected chi connectivity index (χ4v) is 5.35. The fourth-order valence-electron chi connectivity index (χ4n) is 5.35. The van der Waals surface area contributed by atoms with Gasteiger partial charge in [0.15, 0.2) is 0 Å². The van der Waals surface area contributed by atoms with E-state index in [9.17, 15) is 19.5 Å². The van der Waals surface area contributed by atoms with Gasteiger partial charge in [0.25, 0.3) is 5.91 Å². The summed E-state index contributed by atoms with van der Waals surface area (Å²) in [5.41, 5.74) is -0.826. The third kappa shape index (κ3) is 8.86. The molecule has 0 bridgehead atoms. The van der Waals surface area contributed by atoms with Gasteiger partial charge in [0.1, 0.15) is 6.04 Å². The number of amides is 3. The predicted molar refractivity (Wildman–Crippen MR) is 133 cm³/mol. The van der Waals surface area contributed by atoms with Gasteiger partial charge in [-0.15, -0.1) is 0 Å². The highest BCUT2D eigenvalue weighted by atomic mass is 16.5. The van der Waals surface area contributed by atoms with Crippen LogP contribution < -0.4 is 0 Å². The zero-order valence-corrected chi connectivity index (χ0v) is 21.9. The van der Waals surface area contributed by atoms with Crippen molar-refractivity contribution in [1.82, 2.24) is 9.80 Å². The van der Waals surface area contributed by atoms with E-state index in [-0.39, 0.29) is 23.9 Å². The molecule has 1 saturated carbocycles.